The number of aryl methyl sites for hydroxylation is 1. The van der Waals surface area contributed by atoms with Gasteiger partial charge in [0.2, 0.25) is 0 Å². The summed E-state index contributed by atoms with van der Waals surface area (Å²) in [6.45, 7) is 2.69. The van der Waals surface area contributed by atoms with Crippen LogP contribution in [0.15, 0.2) is 24.4 Å². The van der Waals surface area contributed by atoms with Gasteiger partial charge in [0, 0.05) is 45.3 Å². The van der Waals surface area contributed by atoms with Gasteiger partial charge in [0.25, 0.3) is 5.91 Å². The summed E-state index contributed by atoms with van der Waals surface area (Å²) in [6.07, 6.45) is 1.66. The van der Waals surface area contributed by atoms with Crippen LogP contribution < -0.4 is 0 Å². The van der Waals surface area contributed by atoms with Crippen LogP contribution >= 0.6 is 22.6 Å². The molecule has 1 fully saturated rings. The molecule has 24 heavy (non-hydrogen) atoms. The van der Waals surface area contributed by atoms with E-state index < -0.39 is 11.6 Å². The Balaban J connectivity index is 1.62. The van der Waals surface area contributed by atoms with E-state index in [-0.39, 0.29) is 5.91 Å². The fourth-order valence-corrected chi connectivity index (χ4v) is 3.53. The highest BCUT2D eigenvalue weighted by molar-refractivity contribution is 14.1. The van der Waals surface area contributed by atoms with Gasteiger partial charge >= 0.3 is 0 Å². The van der Waals surface area contributed by atoms with Gasteiger partial charge in [0.05, 0.1) is 9.77 Å². The van der Waals surface area contributed by atoms with Crippen molar-refractivity contribution in [2.24, 2.45) is 7.05 Å². The number of nitrogens with zero attached hydrogens (tertiary/aromatic N) is 4. The lowest BCUT2D eigenvalue weighted by Crippen LogP contribution is -2.48. The first-order valence-electron chi connectivity index (χ1n) is 7.59. The molecule has 128 valence electrons. The zero-order valence-electron chi connectivity index (χ0n) is 13.2. The van der Waals surface area contributed by atoms with E-state index in [9.17, 15) is 13.6 Å². The van der Waals surface area contributed by atoms with Crippen LogP contribution in [0.4, 0.5) is 8.78 Å². The lowest BCUT2D eigenvalue weighted by Gasteiger charge is -2.34. The highest BCUT2D eigenvalue weighted by Gasteiger charge is 2.26. The van der Waals surface area contributed by atoms with E-state index in [2.05, 4.69) is 27.7 Å². The molecule has 0 saturated carbocycles. The number of halogens is 3. The van der Waals surface area contributed by atoms with Gasteiger partial charge in [-0.2, -0.15) is 5.10 Å². The van der Waals surface area contributed by atoms with Gasteiger partial charge in [-0.05, 0) is 28.7 Å². The Hall–Kier alpha value is -1.55. The minimum atomic E-state index is -0.827. The number of hydrogen-bond donors (Lipinski definition) is 0. The monoisotopic (exact) mass is 446 g/mol. The number of amides is 1. The van der Waals surface area contributed by atoms with Gasteiger partial charge in [0.1, 0.15) is 5.69 Å². The Morgan fingerprint density at radius 2 is 1.96 bits per heavy atom. The summed E-state index contributed by atoms with van der Waals surface area (Å²) < 4.78 is 29.4. The fourth-order valence-electron chi connectivity index (χ4n) is 2.82. The molecular formula is C16H17F2IN4O. The summed E-state index contributed by atoms with van der Waals surface area (Å²) in [6, 6.07) is 4.22. The van der Waals surface area contributed by atoms with Gasteiger partial charge in [-0.15, -0.1) is 0 Å². The van der Waals surface area contributed by atoms with Crippen molar-refractivity contribution in [2.75, 3.05) is 26.2 Å². The van der Waals surface area contributed by atoms with Crippen molar-refractivity contribution in [1.82, 2.24) is 19.6 Å². The van der Waals surface area contributed by atoms with Crippen LogP contribution in [0, 0.1) is 15.2 Å². The molecule has 0 unspecified atom stereocenters. The number of benzene rings is 1. The van der Waals surface area contributed by atoms with Crippen LogP contribution in [0.3, 0.4) is 0 Å². The lowest BCUT2D eigenvalue weighted by atomic mass is 10.1. The predicted octanol–water partition coefficient (Wildman–Crippen LogP) is 2.26. The zero-order valence-corrected chi connectivity index (χ0v) is 15.3. The molecule has 0 aliphatic carbocycles. The first-order chi connectivity index (χ1) is 11.5. The second kappa shape index (κ2) is 7.14. The Bertz CT molecular complexity index is 737. The maximum Gasteiger partial charge on any atom is 0.273 e. The summed E-state index contributed by atoms with van der Waals surface area (Å²) in [5.74, 6) is -1.66. The van der Waals surface area contributed by atoms with Crippen molar-refractivity contribution < 1.29 is 13.6 Å². The van der Waals surface area contributed by atoms with E-state index in [1.54, 1.807) is 28.9 Å². The SMILES string of the molecule is Cn1ncc(I)c1C(=O)N1CCN(Cc2cccc(F)c2F)CC1. The summed E-state index contributed by atoms with van der Waals surface area (Å²) >= 11 is 2.10. The van der Waals surface area contributed by atoms with Crippen molar-refractivity contribution in [3.05, 3.63) is 50.9 Å². The maximum absolute atomic E-state index is 13.8. The number of carbonyl (C=O) groups is 1. The molecule has 1 saturated heterocycles. The second-order valence-corrected chi connectivity index (χ2v) is 6.91. The topological polar surface area (TPSA) is 41.4 Å². The van der Waals surface area contributed by atoms with Gasteiger partial charge in [-0.25, -0.2) is 8.78 Å². The first-order valence-corrected chi connectivity index (χ1v) is 8.67. The Morgan fingerprint density at radius 1 is 1.25 bits per heavy atom. The van der Waals surface area contributed by atoms with Crippen LogP contribution in [0.2, 0.25) is 0 Å². The van der Waals surface area contributed by atoms with Crippen molar-refractivity contribution in [1.29, 1.82) is 0 Å². The number of hydrogen-bond acceptors (Lipinski definition) is 3. The number of aromatic nitrogens is 2. The zero-order chi connectivity index (χ0) is 17.3. The summed E-state index contributed by atoms with van der Waals surface area (Å²) in [5, 5.41) is 4.09. The molecule has 1 amide bonds. The molecular weight excluding hydrogens is 429 g/mol. The standard InChI is InChI=1S/C16H17F2IN4O/c1-21-15(13(19)9-20-21)16(24)23-7-5-22(6-8-23)10-11-3-2-4-12(17)14(11)18/h2-4,9H,5-8,10H2,1H3. The third-order valence-corrected chi connectivity index (χ3v) is 4.97. The van der Waals surface area contributed by atoms with E-state index in [1.807, 2.05) is 4.90 Å². The lowest BCUT2D eigenvalue weighted by molar-refractivity contribution is 0.0615. The Kier molecular flexibility index (Phi) is 5.14. The Morgan fingerprint density at radius 3 is 2.58 bits per heavy atom. The molecule has 8 heteroatoms. The number of rotatable bonds is 3. The van der Waals surface area contributed by atoms with E-state index >= 15 is 0 Å². The average molecular weight is 446 g/mol. The fraction of sp³-hybridized carbons (Fsp3) is 0.375. The summed E-state index contributed by atoms with van der Waals surface area (Å²) in [4.78, 5) is 16.4. The van der Waals surface area contributed by atoms with Crippen molar-refractivity contribution in [3.63, 3.8) is 0 Å². The van der Waals surface area contributed by atoms with Gasteiger partial charge in [-0.1, -0.05) is 12.1 Å². The quantitative estimate of drug-likeness (QED) is 0.680. The van der Waals surface area contributed by atoms with Crippen LogP contribution in [-0.4, -0.2) is 51.7 Å². The molecule has 1 aliphatic rings. The van der Waals surface area contributed by atoms with E-state index in [4.69, 9.17) is 0 Å². The smallest absolute Gasteiger partial charge is 0.273 e. The number of carbonyl (C=O) groups excluding carboxylic acids is 1. The molecule has 0 bridgehead atoms. The molecule has 5 nitrogen and oxygen atoms in total. The van der Waals surface area contributed by atoms with Crippen molar-refractivity contribution in [3.8, 4) is 0 Å². The molecule has 2 aromatic rings. The molecule has 1 aromatic heterocycles. The normalized spacial score (nSPS) is 15.8. The maximum atomic E-state index is 13.8. The molecule has 0 spiro atoms. The number of piperazine rings is 1. The van der Waals surface area contributed by atoms with Crippen LogP contribution in [0.5, 0.6) is 0 Å². The highest BCUT2D eigenvalue weighted by atomic mass is 127. The molecule has 1 aliphatic heterocycles. The molecule has 0 radical (unpaired) electrons. The van der Waals surface area contributed by atoms with E-state index in [1.165, 1.54) is 6.07 Å². The van der Waals surface area contributed by atoms with Gasteiger partial charge in [0.15, 0.2) is 11.6 Å². The van der Waals surface area contributed by atoms with E-state index in [0.717, 1.165) is 9.64 Å². The second-order valence-electron chi connectivity index (χ2n) is 5.75. The van der Waals surface area contributed by atoms with E-state index in [0.29, 0.717) is 44.0 Å². The summed E-state index contributed by atoms with van der Waals surface area (Å²) in [5.41, 5.74) is 0.927. The largest absolute Gasteiger partial charge is 0.335 e. The Labute approximate surface area is 152 Å². The minimum Gasteiger partial charge on any atom is -0.335 e. The predicted molar refractivity (Wildman–Crippen MR) is 93.5 cm³/mol. The third-order valence-electron chi connectivity index (χ3n) is 4.18. The first kappa shape index (κ1) is 17.3. The molecule has 3 rings (SSSR count). The van der Waals surface area contributed by atoms with Gasteiger partial charge < -0.3 is 4.90 Å². The minimum absolute atomic E-state index is 0.0454. The van der Waals surface area contributed by atoms with Crippen LogP contribution in [0.1, 0.15) is 16.1 Å². The summed E-state index contributed by atoms with van der Waals surface area (Å²) in [7, 11) is 1.75. The third kappa shape index (κ3) is 3.44. The van der Waals surface area contributed by atoms with Gasteiger partial charge in [-0.3, -0.25) is 14.4 Å². The molecule has 1 aromatic carbocycles. The molecule has 0 N–H and O–H groups in total. The van der Waals surface area contributed by atoms with Crippen LogP contribution in [0.25, 0.3) is 0 Å². The van der Waals surface area contributed by atoms with Crippen molar-refractivity contribution >= 4 is 28.5 Å². The molecule has 0 atom stereocenters. The van der Waals surface area contributed by atoms with Crippen LogP contribution in [-0.2, 0) is 13.6 Å². The molecule has 2 heterocycles. The highest BCUT2D eigenvalue weighted by Crippen LogP contribution is 2.17. The average Bonchev–Trinajstić information content (AvgIpc) is 2.91. The van der Waals surface area contributed by atoms with Crippen molar-refractivity contribution in [2.45, 2.75) is 6.54 Å².